The van der Waals surface area contributed by atoms with E-state index in [-0.39, 0.29) is 5.91 Å². The van der Waals surface area contributed by atoms with E-state index in [1.165, 1.54) is 0 Å². The van der Waals surface area contributed by atoms with Gasteiger partial charge in [0.25, 0.3) is 0 Å². The standard InChI is InChI=1S/C14H15N3O/c1-2-16-13(18)9-8-11-10-15-17(14(11)16)12-6-4-3-5-7-12/h3-7,10H,2,8-9H2,1H3. The van der Waals surface area contributed by atoms with Crippen LogP contribution in [0.5, 0.6) is 0 Å². The third-order valence-electron chi connectivity index (χ3n) is 3.30. The summed E-state index contributed by atoms with van der Waals surface area (Å²) in [6, 6.07) is 9.93. The summed E-state index contributed by atoms with van der Waals surface area (Å²) in [6.45, 7) is 2.68. The van der Waals surface area contributed by atoms with E-state index >= 15 is 0 Å². The topological polar surface area (TPSA) is 38.1 Å². The smallest absolute Gasteiger partial charge is 0.228 e. The molecule has 4 heteroatoms. The molecular weight excluding hydrogens is 226 g/mol. The van der Waals surface area contributed by atoms with Crippen LogP contribution in [0.1, 0.15) is 18.9 Å². The van der Waals surface area contributed by atoms with Gasteiger partial charge in [-0.2, -0.15) is 5.10 Å². The fraction of sp³-hybridized carbons (Fsp3) is 0.286. The van der Waals surface area contributed by atoms with E-state index in [2.05, 4.69) is 5.10 Å². The summed E-state index contributed by atoms with van der Waals surface area (Å²) in [5.74, 6) is 1.11. The average Bonchev–Trinajstić information content (AvgIpc) is 2.83. The Morgan fingerprint density at radius 1 is 1.22 bits per heavy atom. The van der Waals surface area contributed by atoms with Gasteiger partial charge in [0, 0.05) is 18.5 Å². The lowest BCUT2D eigenvalue weighted by atomic mass is 10.1. The molecular formula is C14H15N3O. The molecule has 0 fully saturated rings. The van der Waals surface area contributed by atoms with E-state index < -0.39 is 0 Å². The largest absolute Gasteiger partial charge is 0.297 e. The Labute approximate surface area is 106 Å². The highest BCUT2D eigenvalue weighted by Crippen LogP contribution is 2.29. The van der Waals surface area contributed by atoms with Crippen molar-refractivity contribution >= 4 is 11.7 Å². The van der Waals surface area contributed by atoms with E-state index in [1.807, 2.05) is 53.0 Å². The second-order valence-electron chi connectivity index (χ2n) is 4.38. The van der Waals surface area contributed by atoms with Crippen molar-refractivity contribution in [2.45, 2.75) is 19.8 Å². The van der Waals surface area contributed by atoms with Crippen molar-refractivity contribution < 1.29 is 4.79 Å². The molecule has 1 aliphatic rings. The Morgan fingerprint density at radius 3 is 2.72 bits per heavy atom. The number of hydrogen-bond acceptors (Lipinski definition) is 2. The number of carbonyl (C=O) groups is 1. The van der Waals surface area contributed by atoms with Gasteiger partial charge < -0.3 is 0 Å². The Morgan fingerprint density at radius 2 is 2.00 bits per heavy atom. The maximum atomic E-state index is 12.0. The van der Waals surface area contributed by atoms with Gasteiger partial charge >= 0.3 is 0 Å². The van der Waals surface area contributed by atoms with Gasteiger partial charge in [-0.05, 0) is 25.5 Å². The van der Waals surface area contributed by atoms with Gasteiger partial charge in [-0.3, -0.25) is 9.69 Å². The number of amides is 1. The maximum Gasteiger partial charge on any atom is 0.228 e. The number of rotatable bonds is 2. The van der Waals surface area contributed by atoms with Crippen LogP contribution in [0.3, 0.4) is 0 Å². The molecule has 0 N–H and O–H groups in total. The Bertz CT molecular complexity index is 574. The molecule has 92 valence electrons. The molecule has 0 bridgehead atoms. The normalized spacial score (nSPS) is 14.7. The van der Waals surface area contributed by atoms with E-state index in [9.17, 15) is 4.79 Å². The zero-order chi connectivity index (χ0) is 12.5. The molecule has 2 aromatic rings. The fourth-order valence-electron chi connectivity index (χ4n) is 2.42. The Kier molecular flexibility index (Phi) is 2.63. The number of nitrogens with zero attached hydrogens (tertiary/aromatic N) is 3. The number of para-hydroxylation sites is 1. The molecule has 0 spiro atoms. The third kappa shape index (κ3) is 1.61. The van der Waals surface area contributed by atoms with Crippen molar-refractivity contribution in [3.05, 3.63) is 42.1 Å². The number of fused-ring (bicyclic) bond motifs is 1. The van der Waals surface area contributed by atoms with E-state index in [0.717, 1.165) is 23.5 Å². The number of anilines is 1. The van der Waals surface area contributed by atoms with Crippen molar-refractivity contribution in [2.75, 3.05) is 11.4 Å². The lowest BCUT2D eigenvalue weighted by molar-refractivity contribution is -0.118. The quantitative estimate of drug-likeness (QED) is 0.808. The first-order valence-corrected chi connectivity index (χ1v) is 6.24. The van der Waals surface area contributed by atoms with Crippen LogP contribution < -0.4 is 4.90 Å². The first-order valence-electron chi connectivity index (χ1n) is 6.24. The first-order chi connectivity index (χ1) is 8.81. The van der Waals surface area contributed by atoms with Crippen molar-refractivity contribution in [2.24, 2.45) is 0 Å². The predicted octanol–water partition coefficient (Wildman–Crippen LogP) is 2.17. The molecule has 0 saturated heterocycles. The van der Waals surface area contributed by atoms with Crippen molar-refractivity contribution in [3.8, 4) is 5.69 Å². The van der Waals surface area contributed by atoms with Crippen LogP contribution >= 0.6 is 0 Å². The molecule has 1 aromatic heterocycles. The van der Waals surface area contributed by atoms with Gasteiger partial charge in [-0.25, -0.2) is 4.68 Å². The maximum absolute atomic E-state index is 12.0. The number of hydrogen-bond donors (Lipinski definition) is 0. The van der Waals surface area contributed by atoms with Gasteiger partial charge in [-0.15, -0.1) is 0 Å². The van der Waals surface area contributed by atoms with Gasteiger partial charge in [0.05, 0.1) is 11.9 Å². The van der Waals surface area contributed by atoms with Gasteiger partial charge in [-0.1, -0.05) is 18.2 Å². The molecule has 3 rings (SSSR count). The SMILES string of the molecule is CCN1C(=O)CCc2cnn(-c3ccccc3)c21. The third-order valence-corrected chi connectivity index (χ3v) is 3.30. The van der Waals surface area contributed by atoms with Crippen molar-refractivity contribution in [1.82, 2.24) is 9.78 Å². The highest BCUT2D eigenvalue weighted by Gasteiger charge is 2.27. The summed E-state index contributed by atoms with van der Waals surface area (Å²) in [5, 5.41) is 4.42. The lowest BCUT2D eigenvalue weighted by Crippen LogP contribution is -2.36. The number of aryl methyl sites for hydroxylation is 1. The second-order valence-corrected chi connectivity index (χ2v) is 4.38. The number of aromatic nitrogens is 2. The zero-order valence-electron chi connectivity index (χ0n) is 10.3. The molecule has 18 heavy (non-hydrogen) atoms. The molecule has 2 heterocycles. The summed E-state index contributed by atoms with van der Waals surface area (Å²) in [4.78, 5) is 13.8. The predicted molar refractivity (Wildman–Crippen MR) is 69.9 cm³/mol. The first kappa shape index (κ1) is 11.0. The van der Waals surface area contributed by atoms with Gasteiger partial charge in [0.15, 0.2) is 0 Å². The summed E-state index contributed by atoms with van der Waals surface area (Å²) in [5.41, 5.74) is 2.15. The summed E-state index contributed by atoms with van der Waals surface area (Å²) >= 11 is 0. The van der Waals surface area contributed by atoms with Gasteiger partial charge in [0.2, 0.25) is 5.91 Å². The molecule has 1 amide bonds. The number of benzene rings is 1. The molecule has 1 aromatic carbocycles. The molecule has 0 aliphatic carbocycles. The van der Waals surface area contributed by atoms with Crippen LogP contribution in [0.4, 0.5) is 5.82 Å². The molecule has 0 radical (unpaired) electrons. The van der Waals surface area contributed by atoms with E-state index in [4.69, 9.17) is 0 Å². The minimum Gasteiger partial charge on any atom is -0.297 e. The van der Waals surface area contributed by atoms with Crippen LogP contribution in [-0.4, -0.2) is 22.2 Å². The molecule has 0 saturated carbocycles. The van der Waals surface area contributed by atoms with Crippen LogP contribution in [0.25, 0.3) is 5.69 Å². The minimum atomic E-state index is 0.183. The summed E-state index contributed by atoms with van der Waals surface area (Å²) in [7, 11) is 0. The monoisotopic (exact) mass is 241 g/mol. The summed E-state index contributed by atoms with van der Waals surface area (Å²) < 4.78 is 1.86. The van der Waals surface area contributed by atoms with E-state index in [0.29, 0.717) is 13.0 Å². The second kappa shape index (κ2) is 4.29. The molecule has 0 unspecified atom stereocenters. The number of carbonyl (C=O) groups excluding carboxylic acids is 1. The lowest BCUT2D eigenvalue weighted by Gasteiger charge is -2.27. The van der Waals surface area contributed by atoms with Gasteiger partial charge in [0.1, 0.15) is 5.82 Å². The average molecular weight is 241 g/mol. The fourth-order valence-corrected chi connectivity index (χ4v) is 2.42. The molecule has 1 aliphatic heterocycles. The van der Waals surface area contributed by atoms with Crippen LogP contribution in [0, 0.1) is 0 Å². The molecule has 0 atom stereocenters. The van der Waals surface area contributed by atoms with Crippen LogP contribution in [0.2, 0.25) is 0 Å². The molecule has 4 nitrogen and oxygen atoms in total. The minimum absolute atomic E-state index is 0.183. The highest BCUT2D eigenvalue weighted by molar-refractivity contribution is 5.95. The highest BCUT2D eigenvalue weighted by atomic mass is 16.2. The Balaban J connectivity index is 2.14. The van der Waals surface area contributed by atoms with E-state index in [1.54, 1.807) is 0 Å². The van der Waals surface area contributed by atoms with Crippen molar-refractivity contribution in [3.63, 3.8) is 0 Å². The van der Waals surface area contributed by atoms with Crippen LogP contribution in [0.15, 0.2) is 36.5 Å². The van der Waals surface area contributed by atoms with Crippen molar-refractivity contribution in [1.29, 1.82) is 0 Å². The van der Waals surface area contributed by atoms with Crippen LogP contribution in [-0.2, 0) is 11.2 Å². The Hall–Kier alpha value is -2.10. The zero-order valence-corrected chi connectivity index (χ0v) is 10.3. The summed E-state index contributed by atoms with van der Waals surface area (Å²) in [6.07, 6.45) is 3.25.